The molecule has 0 aliphatic carbocycles. The number of hydrogen-bond acceptors (Lipinski definition) is 5. The topological polar surface area (TPSA) is 84.7 Å². The smallest absolute Gasteiger partial charge is 0.270 e. The summed E-state index contributed by atoms with van der Waals surface area (Å²) in [7, 11) is 3.35. The van der Waals surface area contributed by atoms with E-state index < -0.39 is 4.92 Å². The summed E-state index contributed by atoms with van der Waals surface area (Å²) in [6.45, 7) is 3.18. The van der Waals surface area contributed by atoms with Crippen LogP contribution in [0.4, 0.5) is 11.4 Å². The number of hydrogen-bond donors (Lipinski definition) is 1. The third kappa shape index (κ3) is 4.72. The van der Waals surface area contributed by atoms with Gasteiger partial charge in [-0.3, -0.25) is 14.9 Å². The minimum Gasteiger partial charge on any atom is -0.493 e. The maximum absolute atomic E-state index is 12.1. The Hall–Kier alpha value is -3.09. The van der Waals surface area contributed by atoms with Gasteiger partial charge < -0.3 is 15.0 Å². The molecular formula is C19H23N3O4. The van der Waals surface area contributed by atoms with Crippen molar-refractivity contribution in [2.24, 2.45) is 0 Å². The predicted octanol–water partition coefficient (Wildman–Crippen LogP) is 3.17. The Bertz CT molecular complexity index is 792. The summed E-state index contributed by atoms with van der Waals surface area (Å²) >= 11 is 0. The largest absolute Gasteiger partial charge is 0.493 e. The second-order valence-electron chi connectivity index (χ2n) is 5.93. The van der Waals surface area contributed by atoms with E-state index in [4.69, 9.17) is 4.74 Å². The second-order valence-corrected chi connectivity index (χ2v) is 5.93. The first-order valence-electron chi connectivity index (χ1n) is 8.34. The quantitative estimate of drug-likeness (QED) is 0.446. The number of amides is 1. The van der Waals surface area contributed by atoms with Crippen molar-refractivity contribution in [1.29, 1.82) is 0 Å². The van der Waals surface area contributed by atoms with Crippen LogP contribution in [0.15, 0.2) is 42.5 Å². The van der Waals surface area contributed by atoms with Crippen LogP contribution in [-0.2, 0) is 0 Å². The van der Waals surface area contributed by atoms with E-state index >= 15 is 0 Å². The van der Waals surface area contributed by atoms with Crippen molar-refractivity contribution in [3.63, 3.8) is 0 Å². The number of nitro groups is 1. The summed E-state index contributed by atoms with van der Waals surface area (Å²) in [6, 6.07) is 12.1. The second kappa shape index (κ2) is 8.84. The minimum atomic E-state index is -0.508. The van der Waals surface area contributed by atoms with E-state index in [0.717, 1.165) is 17.7 Å². The van der Waals surface area contributed by atoms with Gasteiger partial charge >= 0.3 is 0 Å². The van der Waals surface area contributed by atoms with Gasteiger partial charge in [-0.2, -0.15) is 0 Å². The maximum atomic E-state index is 12.1. The zero-order chi connectivity index (χ0) is 19.1. The number of aryl methyl sites for hydroxylation is 1. The van der Waals surface area contributed by atoms with E-state index in [0.29, 0.717) is 18.8 Å². The molecule has 0 fully saturated rings. The summed E-state index contributed by atoms with van der Waals surface area (Å²) in [5.41, 5.74) is 1.90. The fourth-order valence-electron chi connectivity index (χ4n) is 2.61. The van der Waals surface area contributed by atoms with E-state index in [1.807, 2.05) is 43.1 Å². The molecular weight excluding hydrogens is 334 g/mol. The first kappa shape index (κ1) is 19.2. The Balaban J connectivity index is 2.02. The summed E-state index contributed by atoms with van der Waals surface area (Å²) in [6.07, 6.45) is 0.745. The van der Waals surface area contributed by atoms with Crippen molar-refractivity contribution < 1.29 is 14.5 Å². The standard InChI is InChI=1S/C19H23N3O4/c1-14-7-4-5-8-18(14)26-12-6-11-21(3)17-10-9-15(22(24)25)13-16(17)19(23)20-2/h4-5,7-10,13H,6,11-12H2,1-3H3,(H,20,23). The first-order chi connectivity index (χ1) is 12.4. The van der Waals surface area contributed by atoms with Crippen LogP contribution in [-0.4, -0.2) is 38.1 Å². The molecule has 0 aliphatic rings. The van der Waals surface area contributed by atoms with Gasteiger partial charge in [0.25, 0.3) is 11.6 Å². The first-order valence-corrected chi connectivity index (χ1v) is 8.34. The molecule has 0 spiro atoms. The molecule has 0 heterocycles. The lowest BCUT2D eigenvalue weighted by Gasteiger charge is -2.22. The molecule has 2 rings (SSSR count). The summed E-state index contributed by atoms with van der Waals surface area (Å²) in [5.74, 6) is 0.503. The van der Waals surface area contributed by atoms with Crippen LogP contribution in [0.3, 0.4) is 0 Å². The van der Waals surface area contributed by atoms with Gasteiger partial charge in [0.1, 0.15) is 5.75 Å². The van der Waals surface area contributed by atoms with Gasteiger partial charge in [0.2, 0.25) is 0 Å². The zero-order valence-electron chi connectivity index (χ0n) is 15.2. The third-order valence-corrected chi connectivity index (χ3v) is 4.06. The van der Waals surface area contributed by atoms with E-state index in [-0.39, 0.29) is 17.2 Å². The number of rotatable bonds is 8. The Morgan fingerprint density at radius 2 is 2.00 bits per heavy atom. The molecule has 0 bridgehead atoms. The monoisotopic (exact) mass is 357 g/mol. The fourth-order valence-corrected chi connectivity index (χ4v) is 2.61. The van der Waals surface area contributed by atoms with Gasteiger partial charge in [-0.25, -0.2) is 0 Å². The normalized spacial score (nSPS) is 10.3. The van der Waals surface area contributed by atoms with Crippen molar-refractivity contribution in [2.75, 3.05) is 32.1 Å². The molecule has 0 saturated carbocycles. The lowest BCUT2D eigenvalue weighted by molar-refractivity contribution is -0.384. The number of non-ortho nitro benzene ring substituents is 1. The molecule has 1 N–H and O–H groups in total. The highest BCUT2D eigenvalue weighted by molar-refractivity contribution is 6.00. The molecule has 2 aromatic carbocycles. The molecule has 0 radical (unpaired) electrons. The number of nitrogens with one attached hydrogen (secondary N) is 1. The van der Waals surface area contributed by atoms with E-state index in [2.05, 4.69) is 5.32 Å². The third-order valence-electron chi connectivity index (χ3n) is 4.06. The SMILES string of the molecule is CNC(=O)c1cc([N+](=O)[O-])ccc1N(C)CCCOc1ccccc1C. The van der Waals surface area contributed by atoms with Gasteiger partial charge in [-0.05, 0) is 31.0 Å². The summed E-state index contributed by atoms with van der Waals surface area (Å²) in [5, 5.41) is 13.5. The highest BCUT2D eigenvalue weighted by Gasteiger charge is 2.18. The lowest BCUT2D eigenvalue weighted by Crippen LogP contribution is -2.26. The number of ether oxygens (including phenoxy) is 1. The number of para-hydroxylation sites is 1. The fraction of sp³-hybridized carbons (Fsp3) is 0.316. The maximum Gasteiger partial charge on any atom is 0.270 e. The van der Waals surface area contributed by atoms with Crippen LogP contribution < -0.4 is 15.0 Å². The summed E-state index contributed by atoms with van der Waals surface area (Å²) < 4.78 is 5.78. The van der Waals surface area contributed by atoms with Crippen LogP contribution in [0.25, 0.3) is 0 Å². The molecule has 0 atom stereocenters. The number of nitrogens with zero attached hydrogens (tertiary/aromatic N) is 2. The van der Waals surface area contributed by atoms with Crippen LogP contribution in [0.2, 0.25) is 0 Å². The minimum absolute atomic E-state index is 0.108. The highest BCUT2D eigenvalue weighted by atomic mass is 16.6. The Kier molecular flexibility index (Phi) is 6.54. The molecule has 26 heavy (non-hydrogen) atoms. The molecule has 0 aliphatic heterocycles. The number of benzene rings is 2. The van der Waals surface area contributed by atoms with Gasteiger partial charge in [-0.1, -0.05) is 18.2 Å². The van der Waals surface area contributed by atoms with Crippen LogP contribution >= 0.6 is 0 Å². The molecule has 1 amide bonds. The number of nitro benzene ring substituents is 1. The Morgan fingerprint density at radius 1 is 1.27 bits per heavy atom. The summed E-state index contributed by atoms with van der Waals surface area (Å²) in [4.78, 5) is 24.4. The molecule has 7 nitrogen and oxygen atoms in total. The average Bonchev–Trinajstić information content (AvgIpc) is 2.65. The number of carbonyl (C=O) groups excluding carboxylic acids is 1. The van der Waals surface area contributed by atoms with Crippen molar-refractivity contribution >= 4 is 17.3 Å². The molecule has 0 unspecified atom stereocenters. The van der Waals surface area contributed by atoms with E-state index in [9.17, 15) is 14.9 Å². The van der Waals surface area contributed by atoms with Crippen molar-refractivity contribution in [2.45, 2.75) is 13.3 Å². The number of anilines is 1. The molecule has 7 heteroatoms. The van der Waals surface area contributed by atoms with E-state index in [1.165, 1.54) is 19.2 Å². The van der Waals surface area contributed by atoms with Gasteiger partial charge in [-0.15, -0.1) is 0 Å². The number of carbonyl (C=O) groups is 1. The van der Waals surface area contributed by atoms with Crippen molar-refractivity contribution in [3.05, 3.63) is 63.7 Å². The molecule has 2 aromatic rings. The van der Waals surface area contributed by atoms with Gasteiger partial charge in [0.15, 0.2) is 0 Å². The zero-order valence-corrected chi connectivity index (χ0v) is 15.2. The van der Waals surface area contributed by atoms with Crippen LogP contribution in [0.1, 0.15) is 22.3 Å². The molecule has 138 valence electrons. The van der Waals surface area contributed by atoms with Crippen LogP contribution in [0, 0.1) is 17.0 Å². The molecule has 0 aromatic heterocycles. The lowest BCUT2D eigenvalue weighted by atomic mass is 10.1. The van der Waals surface area contributed by atoms with Crippen LogP contribution in [0.5, 0.6) is 5.75 Å². The van der Waals surface area contributed by atoms with Gasteiger partial charge in [0.05, 0.1) is 17.1 Å². The van der Waals surface area contributed by atoms with E-state index in [1.54, 1.807) is 6.07 Å². The predicted molar refractivity (Wildman–Crippen MR) is 101 cm³/mol. The Morgan fingerprint density at radius 3 is 2.65 bits per heavy atom. The van der Waals surface area contributed by atoms with Gasteiger partial charge in [0, 0.05) is 38.5 Å². The average molecular weight is 357 g/mol. The Labute approximate surface area is 152 Å². The highest BCUT2D eigenvalue weighted by Crippen LogP contribution is 2.25. The van der Waals surface area contributed by atoms with Crippen molar-refractivity contribution in [1.82, 2.24) is 5.32 Å². The molecule has 0 saturated heterocycles. The van der Waals surface area contributed by atoms with Crippen molar-refractivity contribution in [3.8, 4) is 5.75 Å².